The Labute approximate surface area is 131 Å². The minimum absolute atomic E-state index is 0.125. The lowest BCUT2D eigenvalue weighted by Crippen LogP contribution is -2.46. The predicted octanol–water partition coefficient (Wildman–Crippen LogP) is 2.51. The van der Waals surface area contributed by atoms with Gasteiger partial charge in [0.05, 0.1) is 13.0 Å². The number of ether oxygens (including phenoxy) is 1. The smallest absolute Gasteiger partial charge is 0.409 e. The van der Waals surface area contributed by atoms with Crippen LogP contribution < -0.4 is 0 Å². The molecule has 22 heavy (non-hydrogen) atoms. The van der Waals surface area contributed by atoms with Gasteiger partial charge >= 0.3 is 6.09 Å². The van der Waals surface area contributed by atoms with Gasteiger partial charge in [-0.15, -0.1) is 0 Å². The topological polar surface area (TPSA) is 49.9 Å². The molecule has 1 saturated heterocycles. The Hall–Kier alpha value is -2.04. The summed E-state index contributed by atoms with van der Waals surface area (Å²) in [6.45, 7) is 4.40. The molecular weight excluding hydrogens is 280 g/mol. The first-order valence-corrected chi connectivity index (χ1v) is 7.81. The fraction of sp³-hybridized carbons (Fsp3) is 0.529. The summed E-state index contributed by atoms with van der Waals surface area (Å²) in [5, 5.41) is 0. The summed E-state index contributed by atoms with van der Waals surface area (Å²) in [5.74, 6) is -0.00327. The van der Waals surface area contributed by atoms with Crippen LogP contribution in [0.3, 0.4) is 0 Å². The molecule has 0 radical (unpaired) electrons. The number of hydrogen-bond acceptors (Lipinski definition) is 3. The lowest BCUT2D eigenvalue weighted by molar-refractivity contribution is -0.137. The minimum Gasteiger partial charge on any atom is -0.453 e. The molecule has 1 fully saturated rings. The molecular formula is C17H24N2O3. The maximum absolute atomic E-state index is 12.7. The van der Waals surface area contributed by atoms with Gasteiger partial charge in [0.2, 0.25) is 5.91 Å². The highest BCUT2D eigenvalue weighted by molar-refractivity contribution is 5.80. The highest BCUT2D eigenvalue weighted by atomic mass is 16.5. The van der Waals surface area contributed by atoms with Crippen LogP contribution in [0.2, 0.25) is 0 Å². The number of benzene rings is 1. The lowest BCUT2D eigenvalue weighted by Gasteiger charge is -2.34. The molecule has 1 aliphatic heterocycles. The molecule has 0 aromatic heterocycles. The second kappa shape index (κ2) is 7.82. The maximum Gasteiger partial charge on any atom is 0.409 e. The van der Waals surface area contributed by atoms with Gasteiger partial charge in [0.15, 0.2) is 0 Å². The summed E-state index contributed by atoms with van der Waals surface area (Å²) in [6.07, 6.45) is 1.33. The summed E-state index contributed by atoms with van der Waals surface area (Å²) in [6, 6.07) is 9.98. The Morgan fingerprint density at radius 1 is 1.32 bits per heavy atom. The summed E-state index contributed by atoms with van der Waals surface area (Å²) in [7, 11) is 1.38. The Balaban J connectivity index is 2.00. The van der Waals surface area contributed by atoms with Crippen LogP contribution >= 0.6 is 0 Å². The normalized spacial score (nSPS) is 17.9. The molecule has 0 bridgehead atoms. The van der Waals surface area contributed by atoms with E-state index in [0.717, 1.165) is 18.4 Å². The number of carbonyl (C=O) groups is 2. The zero-order valence-electron chi connectivity index (χ0n) is 13.3. The Morgan fingerprint density at radius 2 is 2.05 bits per heavy atom. The van der Waals surface area contributed by atoms with E-state index in [9.17, 15) is 9.59 Å². The third-order valence-corrected chi connectivity index (χ3v) is 4.11. The SMILES string of the molecule is CCN(Cc1ccccc1)C(=O)C1CCCN(C(=O)OC)C1. The fourth-order valence-corrected chi connectivity index (χ4v) is 2.88. The van der Waals surface area contributed by atoms with Gasteiger partial charge < -0.3 is 14.5 Å². The molecule has 0 aliphatic carbocycles. The van der Waals surface area contributed by atoms with Gasteiger partial charge in [0.25, 0.3) is 0 Å². The zero-order valence-corrected chi connectivity index (χ0v) is 13.3. The van der Waals surface area contributed by atoms with Crippen molar-refractivity contribution in [1.82, 2.24) is 9.80 Å². The van der Waals surface area contributed by atoms with Crippen LogP contribution in [0.4, 0.5) is 4.79 Å². The monoisotopic (exact) mass is 304 g/mol. The van der Waals surface area contributed by atoms with Gasteiger partial charge in [0.1, 0.15) is 0 Å². The van der Waals surface area contributed by atoms with Crippen molar-refractivity contribution in [2.24, 2.45) is 5.92 Å². The van der Waals surface area contributed by atoms with Crippen molar-refractivity contribution in [3.05, 3.63) is 35.9 Å². The van der Waals surface area contributed by atoms with Crippen LogP contribution in [0.15, 0.2) is 30.3 Å². The van der Waals surface area contributed by atoms with Crippen LogP contribution in [-0.4, -0.2) is 48.5 Å². The van der Waals surface area contributed by atoms with Crippen LogP contribution in [0, 0.1) is 5.92 Å². The van der Waals surface area contributed by atoms with Gasteiger partial charge in [-0.2, -0.15) is 0 Å². The van der Waals surface area contributed by atoms with Gasteiger partial charge in [-0.05, 0) is 25.3 Å². The summed E-state index contributed by atoms with van der Waals surface area (Å²) in [4.78, 5) is 27.9. The lowest BCUT2D eigenvalue weighted by atomic mass is 9.96. The molecule has 1 unspecified atom stereocenters. The zero-order chi connectivity index (χ0) is 15.9. The largest absolute Gasteiger partial charge is 0.453 e. The van der Waals surface area contributed by atoms with E-state index in [-0.39, 0.29) is 17.9 Å². The standard InChI is InChI=1S/C17H24N2O3/c1-3-18(12-14-8-5-4-6-9-14)16(20)15-10-7-11-19(13-15)17(21)22-2/h4-6,8-9,15H,3,7,10-13H2,1-2H3. The summed E-state index contributed by atoms with van der Waals surface area (Å²) < 4.78 is 4.76. The number of hydrogen-bond donors (Lipinski definition) is 0. The van der Waals surface area contributed by atoms with Gasteiger partial charge in [0, 0.05) is 26.2 Å². The number of methoxy groups -OCH3 is 1. The first kappa shape index (κ1) is 16.3. The summed E-state index contributed by atoms with van der Waals surface area (Å²) >= 11 is 0. The van der Waals surface area contributed by atoms with E-state index in [0.29, 0.717) is 26.2 Å². The Kier molecular flexibility index (Phi) is 5.81. The number of likely N-dealkylation sites (tertiary alicyclic amines) is 1. The number of amides is 2. The molecule has 5 heteroatoms. The van der Waals surface area contributed by atoms with Crippen molar-refractivity contribution in [2.75, 3.05) is 26.7 Å². The van der Waals surface area contributed by atoms with Crippen molar-refractivity contribution in [1.29, 1.82) is 0 Å². The molecule has 0 saturated carbocycles. The Morgan fingerprint density at radius 3 is 2.68 bits per heavy atom. The molecule has 1 heterocycles. The number of carbonyl (C=O) groups excluding carboxylic acids is 2. The van der Waals surface area contributed by atoms with Crippen LogP contribution in [0.1, 0.15) is 25.3 Å². The van der Waals surface area contributed by atoms with Crippen LogP contribution in [-0.2, 0) is 16.1 Å². The first-order valence-electron chi connectivity index (χ1n) is 7.81. The summed E-state index contributed by atoms with van der Waals surface area (Å²) in [5.41, 5.74) is 1.12. The molecule has 1 atom stereocenters. The predicted molar refractivity (Wildman–Crippen MR) is 84.2 cm³/mol. The fourth-order valence-electron chi connectivity index (χ4n) is 2.88. The second-order valence-electron chi connectivity index (χ2n) is 5.59. The third kappa shape index (κ3) is 4.00. The van der Waals surface area contributed by atoms with Crippen molar-refractivity contribution in [3.63, 3.8) is 0 Å². The van der Waals surface area contributed by atoms with E-state index >= 15 is 0 Å². The van der Waals surface area contributed by atoms with Crippen molar-refractivity contribution in [2.45, 2.75) is 26.3 Å². The number of nitrogens with zero attached hydrogens (tertiary/aromatic N) is 2. The second-order valence-corrected chi connectivity index (χ2v) is 5.59. The molecule has 1 aliphatic rings. The highest BCUT2D eigenvalue weighted by Gasteiger charge is 2.31. The van der Waals surface area contributed by atoms with Gasteiger partial charge in [-0.25, -0.2) is 4.79 Å². The van der Waals surface area contributed by atoms with E-state index in [1.54, 1.807) is 4.90 Å². The molecule has 120 valence electrons. The van der Waals surface area contributed by atoms with E-state index in [2.05, 4.69) is 0 Å². The van der Waals surface area contributed by atoms with Gasteiger partial charge in [-0.3, -0.25) is 4.79 Å². The van der Waals surface area contributed by atoms with Crippen molar-refractivity contribution in [3.8, 4) is 0 Å². The average molecular weight is 304 g/mol. The molecule has 0 N–H and O–H groups in total. The molecule has 0 spiro atoms. The van der Waals surface area contributed by atoms with Gasteiger partial charge in [-0.1, -0.05) is 30.3 Å². The minimum atomic E-state index is -0.344. The molecule has 1 aromatic carbocycles. The number of rotatable bonds is 4. The third-order valence-electron chi connectivity index (χ3n) is 4.11. The first-order chi connectivity index (χ1) is 10.7. The highest BCUT2D eigenvalue weighted by Crippen LogP contribution is 2.20. The van der Waals surface area contributed by atoms with E-state index in [1.807, 2.05) is 42.2 Å². The number of piperidine rings is 1. The van der Waals surface area contributed by atoms with Crippen LogP contribution in [0.25, 0.3) is 0 Å². The molecule has 2 amide bonds. The van der Waals surface area contributed by atoms with Crippen molar-refractivity contribution >= 4 is 12.0 Å². The molecule has 5 nitrogen and oxygen atoms in total. The van der Waals surface area contributed by atoms with Crippen LogP contribution in [0.5, 0.6) is 0 Å². The van der Waals surface area contributed by atoms with Crippen molar-refractivity contribution < 1.29 is 14.3 Å². The maximum atomic E-state index is 12.7. The molecule has 2 rings (SSSR count). The quantitative estimate of drug-likeness (QED) is 0.859. The van der Waals surface area contributed by atoms with E-state index in [4.69, 9.17) is 4.74 Å². The van der Waals surface area contributed by atoms with E-state index < -0.39 is 0 Å². The van der Waals surface area contributed by atoms with E-state index in [1.165, 1.54) is 7.11 Å². The average Bonchev–Trinajstić information content (AvgIpc) is 2.59. The Bertz CT molecular complexity index is 504. The molecule has 1 aromatic rings.